The standard InChI is InChI=1S/C13H15BrN2/c1-4-12-15-9(3)13(16-12)10-6-5-8(2)11(14)7-10/h5-7H,4H2,1-3H3,(H,15,16). The van der Waals surface area contributed by atoms with Crippen LogP contribution in [-0.2, 0) is 6.42 Å². The van der Waals surface area contributed by atoms with Crippen LogP contribution in [0.5, 0.6) is 0 Å². The van der Waals surface area contributed by atoms with Crippen LogP contribution in [0, 0.1) is 13.8 Å². The Balaban J connectivity index is 2.49. The largest absolute Gasteiger partial charge is 0.346 e. The Labute approximate surface area is 104 Å². The molecule has 1 aromatic heterocycles. The maximum Gasteiger partial charge on any atom is 0.106 e. The Kier molecular flexibility index (Phi) is 3.15. The molecule has 2 rings (SSSR count). The number of imidazole rings is 1. The Morgan fingerprint density at radius 3 is 2.62 bits per heavy atom. The van der Waals surface area contributed by atoms with Gasteiger partial charge in [-0.25, -0.2) is 4.98 Å². The van der Waals surface area contributed by atoms with E-state index in [2.05, 4.69) is 64.9 Å². The van der Waals surface area contributed by atoms with Crippen molar-refractivity contribution in [3.63, 3.8) is 0 Å². The van der Waals surface area contributed by atoms with E-state index < -0.39 is 0 Å². The zero-order valence-corrected chi connectivity index (χ0v) is 11.4. The van der Waals surface area contributed by atoms with Crippen LogP contribution in [0.3, 0.4) is 0 Å². The molecule has 0 saturated heterocycles. The molecule has 1 aromatic carbocycles. The average molecular weight is 279 g/mol. The number of benzene rings is 1. The first-order chi connectivity index (χ1) is 7.61. The molecule has 1 heterocycles. The van der Waals surface area contributed by atoms with Crippen LogP contribution < -0.4 is 0 Å². The van der Waals surface area contributed by atoms with Gasteiger partial charge in [-0.3, -0.25) is 0 Å². The van der Waals surface area contributed by atoms with Gasteiger partial charge in [-0.05, 0) is 25.5 Å². The van der Waals surface area contributed by atoms with Gasteiger partial charge < -0.3 is 4.98 Å². The molecular weight excluding hydrogens is 264 g/mol. The lowest BCUT2D eigenvalue weighted by molar-refractivity contribution is 0.982. The van der Waals surface area contributed by atoms with E-state index in [1.54, 1.807) is 0 Å². The number of aromatic nitrogens is 2. The van der Waals surface area contributed by atoms with Crippen LogP contribution in [0.2, 0.25) is 0 Å². The van der Waals surface area contributed by atoms with Gasteiger partial charge in [0.05, 0.1) is 5.69 Å². The van der Waals surface area contributed by atoms with Gasteiger partial charge in [-0.1, -0.05) is 35.0 Å². The van der Waals surface area contributed by atoms with Crippen molar-refractivity contribution in [3.05, 3.63) is 39.8 Å². The smallest absolute Gasteiger partial charge is 0.106 e. The van der Waals surface area contributed by atoms with Crippen molar-refractivity contribution in [2.24, 2.45) is 0 Å². The normalized spacial score (nSPS) is 10.8. The molecule has 84 valence electrons. The highest BCUT2D eigenvalue weighted by Crippen LogP contribution is 2.26. The van der Waals surface area contributed by atoms with Gasteiger partial charge in [-0.15, -0.1) is 0 Å². The number of hydrogen-bond donors (Lipinski definition) is 1. The molecule has 0 radical (unpaired) electrons. The first-order valence-electron chi connectivity index (χ1n) is 5.43. The van der Waals surface area contributed by atoms with Gasteiger partial charge in [0, 0.05) is 22.2 Å². The molecule has 0 aliphatic carbocycles. The average Bonchev–Trinajstić information content (AvgIpc) is 2.64. The van der Waals surface area contributed by atoms with Crippen molar-refractivity contribution >= 4 is 15.9 Å². The molecule has 0 aliphatic rings. The predicted molar refractivity (Wildman–Crippen MR) is 70.6 cm³/mol. The predicted octanol–water partition coefficient (Wildman–Crippen LogP) is 4.02. The highest BCUT2D eigenvalue weighted by Gasteiger charge is 2.08. The van der Waals surface area contributed by atoms with Crippen LogP contribution >= 0.6 is 15.9 Å². The third-order valence-electron chi connectivity index (χ3n) is 2.71. The molecule has 2 nitrogen and oxygen atoms in total. The highest BCUT2D eigenvalue weighted by molar-refractivity contribution is 9.10. The number of aryl methyl sites for hydroxylation is 3. The van der Waals surface area contributed by atoms with Crippen LogP contribution in [0.25, 0.3) is 11.3 Å². The first-order valence-corrected chi connectivity index (χ1v) is 6.23. The van der Waals surface area contributed by atoms with E-state index in [1.165, 1.54) is 5.56 Å². The third-order valence-corrected chi connectivity index (χ3v) is 3.57. The van der Waals surface area contributed by atoms with Crippen molar-refractivity contribution in [3.8, 4) is 11.3 Å². The molecule has 3 heteroatoms. The van der Waals surface area contributed by atoms with Gasteiger partial charge in [0.25, 0.3) is 0 Å². The molecule has 0 saturated carbocycles. The van der Waals surface area contributed by atoms with Gasteiger partial charge >= 0.3 is 0 Å². The van der Waals surface area contributed by atoms with E-state index in [9.17, 15) is 0 Å². The zero-order valence-electron chi connectivity index (χ0n) is 9.76. The molecule has 0 amide bonds. The minimum absolute atomic E-state index is 0.938. The van der Waals surface area contributed by atoms with Gasteiger partial charge in [-0.2, -0.15) is 0 Å². The van der Waals surface area contributed by atoms with E-state index in [1.807, 2.05) is 0 Å². The number of rotatable bonds is 2. The summed E-state index contributed by atoms with van der Waals surface area (Å²) in [7, 11) is 0. The lowest BCUT2D eigenvalue weighted by atomic mass is 10.1. The summed E-state index contributed by atoms with van der Waals surface area (Å²) >= 11 is 3.55. The molecule has 0 fully saturated rings. The lowest BCUT2D eigenvalue weighted by Gasteiger charge is -2.02. The summed E-state index contributed by atoms with van der Waals surface area (Å²) < 4.78 is 1.13. The SMILES string of the molecule is CCc1nc(-c2ccc(C)c(Br)c2)c(C)[nH]1. The van der Waals surface area contributed by atoms with E-state index in [4.69, 9.17) is 0 Å². The monoisotopic (exact) mass is 278 g/mol. The summed E-state index contributed by atoms with van der Waals surface area (Å²) in [5.74, 6) is 1.05. The second-order valence-corrected chi connectivity index (χ2v) is 4.83. The Bertz CT molecular complexity index is 515. The van der Waals surface area contributed by atoms with Gasteiger partial charge in [0.2, 0.25) is 0 Å². The maximum atomic E-state index is 4.59. The quantitative estimate of drug-likeness (QED) is 0.883. The number of halogens is 1. The molecule has 1 N–H and O–H groups in total. The zero-order chi connectivity index (χ0) is 11.7. The maximum absolute atomic E-state index is 4.59. The van der Waals surface area contributed by atoms with Crippen molar-refractivity contribution in [2.75, 3.05) is 0 Å². The van der Waals surface area contributed by atoms with Crippen molar-refractivity contribution < 1.29 is 0 Å². The lowest BCUT2D eigenvalue weighted by Crippen LogP contribution is -1.84. The number of aromatic amines is 1. The topological polar surface area (TPSA) is 28.7 Å². The van der Waals surface area contributed by atoms with Gasteiger partial charge in [0.15, 0.2) is 0 Å². The van der Waals surface area contributed by atoms with Crippen molar-refractivity contribution in [2.45, 2.75) is 27.2 Å². The van der Waals surface area contributed by atoms with Crippen LogP contribution in [0.4, 0.5) is 0 Å². The minimum atomic E-state index is 0.938. The van der Waals surface area contributed by atoms with Gasteiger partial charge in [0.1, 0.15) is 5.82 Å². The summed E-state index contributed by atoms with van der Waals surface area (Å²) in [6.07, 6.45) is 0.938. The van der Waals surface area contributed by atoms with E-state index >= 15 is 0 Å². The number of nitrogens with one attached hydrogen (secondary N) is 1. The fourth-order valence-corrected chi connectivity index (χ4v) is 2.09. The van der Waals surface area contributed by atoms with Crippen LogP contribution in [-0.4, -0.2) is 9.97 Å². The summed E-state index contributed by atoms with van der Waals surface area (Å²) in [5.41, 5.74) is 4.59. The molecule has 16 heavy (non-hydrogen) atoms. The summed E-state index contributed by atoms with van der Waals surface area (Å²) in [6.45, 7) is 6.26. The second-order valence-electron chi connectivity index (χ2n) is 3.97. The first kappa shape index (κ1) is 11.4. The molecular formula is C13H15BrN2. The van der Waals surface area contributed by atoms with Crippen LogP contribution in [0.1, 0.15) is 24.0 Å². The molecule has 0 spiro atoms. The molecule has 0 unspecified atom stereocenters. The summed E-state index contributed by atoms with van der Waals surface area (Å²) in [5, 5.41) is 0. The third kappa shape index (κ3) is 2.05. The number of H-pyrrole nitrogens is 1. The molecule has 0 bridgehead atoms. The van der Waals surface area contributed by atoms with E-state index in [0.29, 0.717) is 0 Å². The summed E-state index contributed by atoms with van der Waals surface area (Å²) in [4.78, 5) is 7.89. The highest BCUT2D eigenvalue weighted by atomic mass is 79.9. The molecule has 2 aromatic rings. The van der Waals surface area contributed by atoms with Crippen molar-refractivity contribution in [1.29, 1.82) is 0 Å². The molecule has 0 aliphatic heterocycles. The Hall–Kier alpha value is -1.09. The fourth-order valence-electron chi connectivity index (χ4n) is 1.71. The minimum Gasteiger partial charge on any atom is -0.346 e. The number of hydrogen-bond acceptors (Lipinski definition) is 1. The van der Waals surface area contributed by atoms with E-state index in [0.717, 1.165) is 33.7 Å². The second kappa shape index (κ2) is 4.42. The Morgan fingerprint density at radius 1 is 1.31 bits per heavy atom. The van der Waals surface area contributed by atoms with Crippen molar-refractivity contribution in [1.82, 2.24) is 9.97 Å². The van der Waals surface area contributed by atoms with Crippen LogP contribution in [0.15, 0.2) is 22.7 Å². The van der Waals surface area contributed by atoms with E-state index in [-0.39, 0.29) is 0 Å². The Morgan fingerprint density at radius 2 is 2.06 bits per heavy atom. The molecule has 0 atom stereocenters. The summed E-state index contributed by atoms with van der Waals surface area (Å²) in [6, 6.07) is 6.35. The fraction of sp³-hybridized carbons (Fsp3) is 0.308. The number of nitrogens with zero attached hydrogens (tertiary/aromatic N) is 1.